The highest BCUT2D eigenvalue weighted by atomic mass is 19.4. The maximum absolute atomic E-state index is 14.4. The fourth-order valence-corrected chi connectivity index (χ4v) is 3.42. The Kier molecular flexibility index (Phi) is 5.34. The number of aromatic amines is 1. The predicted molar refractivity (Wildman–Crippen MR) is 112 cm³/mol. The van der Waals surface area contributed by atoms with E-state index >= 15 is 0 Å². The molecule has 2 N–H and O–H groups in total. The number of anilines is 1. The molecule has 1 aliphatic carbocycles. The summed E-state index contributed by atoms with van der Waals surface area (Å²) in [5.74, 6) is -1.79. The Labute approximate surface area is 189 Å². The highest BCUT2D eigenvalue weighted by Crippen LogP contribution is 2.42. The van der Waals surface area contributed by atoms with E-state index in [9.17, 15) is 22.4 Å². The van der Waals surface area contributed by atoms with Gasteiger partial charge in [0.1, 0.15) is 17.1 Å². The first-order valence-corrected chi connectivity index (χ1v) is 10.3. The Morgan fingerprint density at radius 1 is 1.12 bits per heavy atom. The van der Waals surface area contributed by atoms with E-state index in [1.54, 1.807) is 0 Å². The van der Waals surface area contributed by atoms with Gasteiger partial charge in [-0.05, 0) is 55.3 Å². The number of carbonyl (C=O) groups excluding carboxylic acids is 1. The van der Waals surface area contributed by atoms with Gasteiger partial charge in [-0.3, -0.25) is 4.79 Å². The highest BCUT2D eigenvalue weighted by molar-refractivity contribution is 6.05. The number of alkyl halides is 3. The van der Waals surface area contributed by atoms with Crippen molar-refractivity contribution in [3.05, 3.63) is 60.0 Å². The van der Waals surface area contributed by atoms with Crippen LogP contribution >= 0.6 is 0 Å². The molecule has 0 radical (unpaired) electrons. The van der Waals surface area contributed by atoms with Gasteiger partial charge in [-0.25, -0.2) is 14.4 Å². The van der Waals surface area contributed by atoms with Gasteiger partial charge >= 0.3 is 6.18 Å². The van der Waals surface area contributed by atoms with E-state index in [2.05, 4.69) is 30.7 Å². The van der Waals surface area contributed by atoms with Crippen LogP contribution in [-0.4, -0.2) is 43.6 Å². The molecule has 1 amide bonds. The minimum absolute atomic E-state index is 0.0285. The number of ether oxygens (including phenoxy) is 1. The quantitative estimate of drug-likeness (QED) is 0.400. The van der Waals surface area contributed by atoms with Crippen LogP contribution in [0.25, 0.3) is 22.6 Å². The number of hydrogen-bond acceptors (Lipinski definition) is 6. The molecule has 0 aliphatic heterocycles. The smallest absolute Gasteiger partial charge is 0.425 e. The first-order valence-electron chi connectivity index (χ1n) is 10.3. The van der Waals surface area contributed by atoms with Crippen LogP contribution in [0.4, 0.5) is 23.2 Å². The average molecular weight is 472 g/mol. The maximum Gasteiger partial charge on any atom is 0.425 e. The van der Waals surface area contributed by atoms with Gasteiger partial charge in [-0.2, -0.15) is 23.5 Å². The summed E-state index contributed by atoms with van der Waals surface area (Å²) in [6.45, 7) is 0. The molecule has 174 valence electrons. The van der Waals surface area contributed by atoms with E-state index in [4.69, 9.17) is 4.74 Å². The van der Waals surface area contributed by atoms with E-state index in [1.165, 1.54) is 42.6 Å². The zero-order chi connectivity index (χ0) is 23.9. The van der Waals surface area contributed by atoms with Crippen LogP contribution in [0.5, 0.6) is 5.75 Å². The Hall–Kier alpha value is -4.09. The van der Waals surface area contributed by atoms with Gasteiger partial charge in [0.15, 0.2) is 11.9 Å². The first-order chi connectivity index (χ1) is 16.3. The molecular weight excluding hydrogens is 456 g/mol. The molecule has 2 aromatic carbocycles. The maximum atomic E-state index is 14.4. The summed E-state index contributed by atoms with van der Waals surface area (Å²) >= 11 is 0. The first kappa shape index (κ1) is 21.7. The van der Waals surface area contributed by atoms with Gasteiger partial charge < -0.3 is 10.1 Å². The Bertz CT molecular complexity index is 1350. The number of aromatic nitrogens is 5. The van der Waals surface area contributed by atoms with Crippen molar-refractivity contribution in [3.8, 4) is 17.1 Å². The molecule has 0 saturated heterocycles. The molecule has 1 aliphatic rings. The van der Waals surface area contributed by atoms with Crippen molar-refractivity contribution in [1.29, 1.82) is 0 Å². The predicted octanol–water partition coefficient (Wildman–Crippen LogP) is 4.53. The summed E-state index contributed by atoms with van der Waals surface area (Å²) in [5, 5.41) is 12.7. The Morgan fingerprint density at radius 3 is 2.59 bits per heavy atom. The van der Waals surface area contributed by atoms with E-state index in [0.717, 1.165) is 6.07 Å². The summed E-state index contributed by atoms with van der Waals surface area (Å²) in [5.41, 5.74) is 1.16. The van der Waals surface area contributed by atoms with Crippen LogP contribution in [0.15, 0.2) is 48.7 Å². The number of amides is 1. The van der Waals surface area contributed by atoms with Crippen molar-refractivity contribution in [1.82, 2.24) is 25.4 Å². The number of H-pyrrole nitrogens is 1. The third-order valence-electron chi connectivity index (χ3n) is 5.29. The molecule has 2 heterocycles. The normalized spacial score (nSPS) is 14.7. The van der Waals surface area contributed by atoms with E-state index in [0.29, 0.717) is 29.6 Å². The van der Waals surface area contributed by atoms with Gasteiger partial charge in [0, 0.05) is 17.2 Å². The minimum atomic E-state index is -4.46. The number of halogens is 4. The number of nitrogens with one attached hydrogen (secondary N) is 2. The zero-order valence-electron chi connectivity index (χ0n) is 17.3. The van der Waals surface area contributed by atoms with Crippen molar-refractivity contribution in [2.75, 3.05) is 5.32 Å². The van der Waals surface area contributed by atoms with Crippen LogP contribution in [0.2, 0.25) is 0 Å². The topological polar surface area (TPSA) is 106 Å². The molecule has 0 bridgehead atoms. The van der Waals surface area contributed by atoms with Gasteiger partial charge in [-0.1, -0.05) is 0 Å². The van der Waals surface area contributed by atoms with Crippen molar-refractivity contribution >= 4 is 22.8 Å². The minimum Gasteiger partial charge on any atom is -0.481 e. The lowest BCUT2D eigenvalue weighted by Crippen LogP contribution is -2.36. The van der Waals surface area contributed by atoms with Crippen LogP contribution < -0.4 is 10.1 Å². The molecule has 0 unspecified atom stereocenters. The Balaban J connectivity index is 1.31. The lowest BCUT2D eigenvalue weighted by molar-refractivity contribution is -0.201. The van der Waals surface area contributed by atoms with E-state index in [-0.39, 0.29) is 22.8 Å². The van der Waals surface area contributed by atoms with Crippen molar-refractivity contribution < 1.29 is 27.1 Å². The molecule has 4 aromatic rings. The summed E-state index contributed by atoms with van der Waals surface area (Å²) < 4.78 is 59.0. The van der Waals surface area contributed by atoms with E-state index in [1.807, 2.05) is 0 Å². The highest BCUT2D eigenvalue weighted by Gasteiger charge is 2.51. The number of benzene rings is 2. The number of nitrogens with zero attached hydrogens (tertiary/aromatic N) is 4. The molecule has 1 saturated carbocycles. The molecule has 1 fully saturated rings. The molecule has 34 heavy (non-hydrogen) atoms. The van der Waals surface area contributed by atoms with Crippen LogP contribution in [0, 0.1) is 11.7 Å². The van der Waals surface area contributed by atoms with Crippen LogP contribution in [0.1, 0.15) is 23.2 Å². The summed E-state index contributed by atoms with van der Waals surface area (Å²) in [6.07, 6.45) is -3.93. The van der Waals surface area contributed by atoms with Crippen molar-refractivity contribution in [3.63, 3.8) is 0 Å². The summed E-state index contributed by atoms with van der Waals surface area (Å²) in [7, 11) is 0. The standard InChI is InChI=1S/C22H16F4N6O2/c23-16-8-3-12(19-27-10-17-20(29-19)31-32-30-17)9-15(16)21(33)28-13-4-6-14(7-5-13)34-18(11-1-2-11)22(24,25)26/h3-11,18H,1-2H2,(H,28,33)(H,27,29,30,31,32)/t18-/m1/s1. The second-order valence-corrected chi connectivity index (χ2v) is 7.82. The molecule has 5 rings (SSSR count). The lowest BCUT2D eigenvalue weighted by atomic mass is 10.1. The number of carbonyl (C=O) groups is 1. The number of hydrogen-bond donors (Lipinski definition) is 2. The molecule has 0 spiro atoms. The van der Waals surface area contributed by atoms with Gasteiger partial charge in [0.05, 0.1) is 11.8 Å². The van der Waals surface area contributed by atoms with Crippen LogP contribution in [0.3, 0.4) is 0 Å². The molecule has 8 nitrogen and oxygen atoms in total. The third-order valence-corrected chi connectivity index (χ3v) is 5.29. The monoisotopic (exact) mass is 472 g/mol. The third kappa shape index (κ3) is 4.51. The number of rotatable bonds is 6. The zero-order valence-corrected chi connectivity index (χ0v) is 17.3. The summed E-state index contributed by atoms with van der Waals surface area (Å²) in [6, 6.07) is 9.26. The largest absolute Gasteiger partial charge is 0.481 e. The summed E-state index contributed by atoms with van der Waals surface area (Å²) in [4.78, 5) is 21.1. The Morgan fingerprint density at radius 2 is 1.88 bits per heavy atom. The SMILES string of the molecule is O=C(Nc1ccc(O[C@H](C2CC2)C(F)(F)F)cc1)c1cc(-c2ncc3n[nH]nc3n2)ccc1F. The number of fused-ring (bicyclic) bond motifs is 1. The van der Waals surface area contributed by atoms with Gasteiger partial charge in [0.25, 0.3) is 5.91 Å². The lowest BCUT2D eigenvalue weighted by Gasteiger charge is -2.21. The van der Waals surface area contributed by atoms with Gasteiger partial charge in [-0.15, -0.1) is 5.10 Å². The van der Waals surface area contributed by atoms with Crippen molar-refractivity contribution in [2.45, 2.75) is 25.1 Å². The average Bonchev–Trinajstić information content (AvgIpc) is 3.53. The van der Waals surface area contributed by atoms with Gasteiger partial charge in [0.2, 0.25) is 5.65 Å². The van der Waals surface area contributed by atoms with Crippen molar-refractivity contribution in [2.24, 2.45) is 5.92 Å². The molecule has 2 aromatic heterocycles. The fourth-order valence-electron chi connectivity index (χ4n) is 3.42. The van der Waals surface area contributed by atoms with Crippen LogP contribution in [-0.2, 0) is 0 Å². The molecule has 1 atom stereocenters. The fraction of sp³-hybridized carbons (Fsp3) is 0.227. The second kappa shape index (κ2) is 8.36. The molecular formula is C22H16F4N6O2. The van der Waals surface area contributed by atoms with E-state index < -0.39 is 29.9 Å². The molecule has 12 heteroatoms. The second-order valence-electron chi connectivity index (χ2n) is 7.82.